The molecule has 34 heavy (non-hydrogen) atoms. The van der Waals surface area contributed by atoms with E-state index in [9.17, 15) is 13.2 Å². The smallest absolute Gasteiger partial charge is 0.264 e. The van der Waals surface area contributed by atoms with Crippen LogP contribution < -0.4 is 19.1 Å². The molecule has 1 N–H and O–H groups in total. The monoisotopic (exact) mass is 482 g/mol. The Labute approximate surface area is 201 Å². The van der Waals surface area contributed by atoms with E-state index in [2.05, 4.69) is 5.32 Å². The number of anilines is 1. The van der Waals surface area contributed by atoms with Crippen molar-refractivity contribution in [2.75, 3.05) is 30.6 Å². The maximum absolute atomic E-state index is 13.5. The highest BCUT2D eigenvalue weighted by Crippen LogP contribution is 2.32. The summed E-state index contributed by atoms with van der Waals surface area (Å²) in [6.45, 7) is 6.21. The molecule has 0 atom stereocenters. The molecule has 0 aliphatic rings. The largest absolute Gasteiger partial charge is 0.492 e. The van der Waals surface area contributed by atoms with Gasteiger partial charge in [-0.1, -0.05) is 42.5 Å². The van der Waals surface area contributed by atoms with Crippen molar-refractivity contribution in [1.29, 1.82) is 0 Å². The lowest BCUT2D eigenvalue weighted by Crippen LogP contribution is -2.42. The first-order chi connectivity index (χ1) is 16.3. The Bertz CT molecular complexity index is 1210. The molecule has 0 saturated carbocycles. The molecule has 0 heterocycles. The Morgan fingerprint density at radius 2 is 1.62 bits per heavy atom. The zero-order chi connectivity index (χ0) is 24.6. The standard InChI is InChI=1S/C26H30N2O5S/c1-4-32-24-13-9-8-12-23(24)28(34(30,31)22-10-6-5-7-11-22)19-26(29)27-16-17-33-25-18-20(2)14-15-21(25)3/h5-15,18H,4,16-17,19H2,1-3H3,(H,27,29). The molecule has 0 aromatic heterocycles. The van der Waals surface area contributed by atoms with Crippen LogP contribution >= 0.6 is 0 Å². The van der Waals surface area contributed by atoms with Crippen LogP contribution in [0.25, 0.3) is 0 Å². The summed E-state index contributed by atoms with van der Waals surface area (Å²) >= 11 is 0. The molecule has 0 unspecified atom stereocenters. The van der Waals surface area contributed by atoms with Crippen LogP contribution in [-0.4, -0.2) is 40.6 Å². The normalized spacial score (nSPS) is 11.0. The summed E-state index contributed by atoms with van der Waals surface area (Å²) in [5, 5.41) is 2.75. The first-order valence-electron chi connectivity index (χ1n) is 11.1. The summed E-state index contributed by atoms with van der Waals surface area (Å²) in [7, 11) is -4.01. The third-order valence-electron chi connectivity index (χ3n) is 5.08. The molecule has 0 spiro atoms. The van der Waals surface area contributed by atoms with Gasteiger partial charge in [-0.3, -0.25) is 9.10 Å². The van der Waals surface area contributed by atoms with Gasteiger partial charge in [-0.2, -0.15) is 0 Å². The highest BCUT2D eigenvalue weighted by molar-refractivity contribution is 7.92. The lowest BCUT2D eigenvalue weighted by atomic mass is 10.1. The molecule has 3 aromatic rings. The number of carbonyl (C=O) groups is 1. The molecule has 1 amide bonds. The fraction of sp³-hybridized carbons (Fsp3) is 0.269. The molecule has 0 fully saturated rings. The predicted molar refractivity (Wildman–Crippen MR) is 133 cm³/mol. The van der Waals surface area contributed by atoms with Crippen LogP contribution in [0.1, 0.15) is 18.1 Å². The van der Waals surface area contributed by atoms with Crippen molar-refractivity contribution in [3.8, 4) is 11.5 Å². The lowest BCUT2D eigenvalue weighted by molar-refractivity contribution is -0.119. The van der Waals surface area contributed by atoms with Crippen molar-refractivity contribution >= 4 is 21.6 Å². The zero-order valence-corrected chi connectivity index (χ0v) is 20.5. The van der Waals surface area contributed by atoms with Crippen molar-refractivity contribution in [2.24, 2.45) is 0 Å². The molecular formula is C26H30N2O5S. The highest BCUT2D eigenvalue weighted by atomic mass is 32.2. The van der Waals surface area contributed by atoms with Crippen molar-refractivity contribution in [1.82, 2.24) is 5.32 Å². The Balaban J connectivity index is 1.75. The van der Waals surface area contributed by atoms with E-state index in [1.165, 1.54) is 12.1 Å². The Kier molecular flexibility index (Phi) is 8.54. The Morgan fingerprint density at radius 1 is 0.912 bits per heavy atom. The number of nitrogens with one attached hydrogen (secondary N) is 1. The average molecular weight is 483 g/mol. The van der Waals surface area contributed by atoms with Gasteiger partial charge in [0.05, 0.1) is 23.7 Å². The summed E-state index contributed by atoms with van der Waals surface area (Å²) in [6, 6.07) is 20.7. The van der Waals surface area contributed by atoms with Gasteiger partial charge in [-0.05, 0) is 62.2 Å². The number of sulfonamides is 1. The summed E-state index contributed by atoms with van der Waals surface area (Å²) in [5.41, 5.74) is 2.39. The molecule has 0 bridgehead atoms. The minimum absolute atomic E-state index is 0.0901. The van der Waals surface area contributed by atoms with Crippen molar-refractivity contribution in [3.63, 3.8) is 0 Å². The van der Waals surface area contributed by atoms with E-state index >= 15 is 0 Å². The number of amides is 1. The Hall–Kier alpha value is -3.52. The predicted octanol–water partition coefficient (Wildman–Crippen LogP) is 4.09. The van der Waals surface area contributed by atoms with Crippen molar-refractivity contribution < 1.29 is 22.7 Å². The minimum Gasteiger partial charge on any atom is -0.492 e. The van der Waals surface area contributed by atoms with E-state index in [-0.39, 0.29) is 18.0 Å². The topological polar surface area (TPSA) is 84.9 Å². The fourth-order valence-corrected chi connectivity index (χ4v) is 4.81. The van der Waals surface area contributed by atoms with Crippen molar-refractivity contribution in [3.05, 3.63) is 83.9 Å². The molecule has 0 radical (unpaired) electrons. The van der Waals surface area contributed by atoms with Gasteiger partial charge in [-0.15, -0.1) is 0 Å². The lowest BCUT2D eigenvalue weighted by Gasteiger charge is -2.26. The number of aryl methyl sites for hydroxylation is 2. The van der Waals surface area contributed by atoms with Crippen molar-refractivity contribution in [2.45, 2.75) is 25.7 Å². The van der Waals surface area contributed by atoms with Gasteiger partial charge in [0, 0.05) is 0 Å². The van der Waals surface area contributed by atoms with E-state index in [0.29, 0.717) is 18.0 Å². The number of rotatable bonds is 11. The quantitative estimate of drug-likeness (QED) is 0.416. The molecule has 3 aromatic carbocycles. The van der Waals surface area contributed by atoms with E-state index < -0.39 is 22.5 Å². The van der Waals surface area contributed by atoms with Crippen LogP contribution in [0.4, 0.5) is 5.69 Å². The van der Waals surface area contributed by atoms with Gasteiger partial charge in [0.2, 0.25) is 5.91 Å². The number of carbonyl (C=O) groups excluding carboxylic acids is 1. The second-order valence-electron chi connectivity index (χ2n) is 7.69. The van der Waals surface area contributed by atoms with Gasteiger partial charge in [0.15, 0.2) is 0 Å². The number of nitrogens with zero attached hydrogens (tertiary/aromatic N) is 1. The van der Waals surface area contributed by atoms with Crippen LogP contribution in [0, 0.1) is 13.8 Å². The number of hydrogen-bond donors (Lipinski definition) is 1. The number of para-hydroxylation sites is 2. The summed E-state index contributed by atoms with van der Waals surface area (Å²) in [5.74, 6) is 0.694. The second-order valence-corrected chi connectivity index (χ2v) is 9.56. The number of ether oxygens (including phenoxy) is 2. The molecule has 0 aliphatic carbocycles. The van der Waals surface area contributed by atoms with Crippen LogP contribution in [0.5, 0.6) is 11.5 Å². The van der Waals surface area contributed by atoms with Gasteiger partial charge in [0.1, 0.15) is 24.7 Å². The van der Waals surface area contributed by atoms with E-state index in [0.717, 1.165) is 21.2 Å². The fourth-order valence-electron chi connectivity index (χ4n) is 3.36. The van der Waals surface area contributed by atoms with Crippen LogP contribution in [0.2, 0.25) is 0 Å². The van der Waals surface area contributed by atoms with E-state index in [1.54, 1.807) is 42.5 Å². The van der Waals surface area contributed by atoms with Crippen LogP contribution in [0.15, 0.2) is 77.7 Å². The first kappa shape index (κ1) is 25.1. The molecule has 0 saturated heterocycles. The molecule has 0 aliphatic heterocycles. The maximum Gasteiger partial charge on any atom is 0.264 e. The Morgan fingerprint density at radius 3 is 2.35 bits per heavy atom. The van der Waals surface area contributed by atoms with Crippen LogP contribution in [-0.2, 0) is 14.8 Å². The third-order valence-corrected chi connectivity index (χ3v) is 6.85. The summed E-state index contributed by atoms with van der Waals surface area (Å²) in [4.78, 5) is 12.9. The minimum atomic E-state index is -4.01. The van der Waals surface area contributed by atoms with E-state index in [1.807, 2.05) is 39.0 Å². The van der Waals surface area contributed by atoms with Gasteiger partial charge < -0.3 is 14.8 Å². The van der Waals surface area contributed by atoms with Crippen LogP contribution in [0.3, 0.4) is 0 Å². The van der Waals surface area contributed by atoms with Gasteiger partial charge >= 0.3 is 0 Å². The third kappa shape index (κ3) is 6.29. The zero-order valence-electron chi connectivity index (χ0n) is 19.7. The number of hydrogen-bond acceptors (Lipinski definition) is 5. The highest BCUT2D eigenvalue weighted by Gasteiger charge is 2.29. The SMILES string of the molecule is CCOc1ccccc1N(CC(=O)NCCOc1cc(C)ccc1C)S(=O)(=O)c1ccccc1. The summed E-state index contributed by atoms with van der Waals surface area (Å²) < 4.78 is 39.4. The first-order valence-corrected chi connectivity index (χ1v) is 12.5. The summed E-state index contributed by atoms with van der Waals surface area (Å²) in [6.07, 6.45) is 0. The van der Waals surface area contributed by atoms with Gasteiger partial charge in [0.25, 0.3) is 10.0 Å². The molecule has 8 heteroatoms. The second kappa shape index (κ2) is 11.6. The van der Waals surface area contributed by atoms with Gasteiger partial charge in [-0.25, -0.2) is 8.42 Å². The average Bonchev–Trinajstić information content (AvgIpc) is 2.83. The number of benzene rings is 3. The molecule has 180 valence electrons. The molecule has 3 rings (SSSR count). The molecule has 7 nitrogen and oxygen atoms in total. The molecular weight excluding hydrogens is 452 g/mol. The van der Waals surface area contributed by atoms with E-state index in [4.69, 9.17) is 9.47 Å². The maximum atomic E-state index is 13.5.